The van der Waals surface area contributed by atoms with E-state index in [2.05, 4.69) is 5.32 Å². The van der Waals surface area contributed by atoms with Gasteiger partial charge in [0.1, 0.15) is 11.6 Å². The van der Waals surface area contributed by atoms with Crippen LogP contribution in [0.1, 0.15) is 44.5 Å². The number of hydrogen-bond acceptors (Lipinski definition) is 5. The van der Waals surface area contributed by atoms with Gasteiger partial charge in [0.05, 0.1) is 45.4 Å². The molecule has 0 aromatic heterocycles. The van der Waals surface area contributed by atoms with Crippen LogP contribution < -0.4 is 15.1 Å². The Morgan fingerprint density at radius 1 is 1.15 bits per heavy atom. The minimum atomic E-state index is -1.26. The molecule has 1 amide bonds. The fourth-order valence-corrected chi connectivity index (χ4v) is 5.38. The molecule has 1 N–H and O–H groups in total. The SMILES string of the molecule is CC1(C)OB(c2cc(Cl)cc(NC(=O)c3cc(N4CCC[S+]4[O-])cc(F)c3Cl)c2)OC1(C)C. The highest BCUT2D eigenvalue weighted by molar-refractivity contribution is 7.93. The smallest absolute Gasteiger partial charge is 0.494 e. The molecule has 0 spiro atoms. The second kappa shape index (κ2) is 8.94. The summed E-state index contributed by atoms with van der Waals surface area (Å²) in [6, 6.07) is 7.60. The van der Waals surface area contributed by atoms with Gasteiger partial charge in [-0.25, -0.2) is 4.39 Å². The van der Waals surface area contributed by atoms with Gasteiger partial charge in [-0.15, -0.1) is 0 Å². The lowest BCUT2D eigenvalue weighted by Gasteiger charge is -2.32. The lowest BCUT2D eigenvalue weighted by Crippen LogP contribution is -2.41. The second-order valence-electron chi connectivity index (χ2n) is 9.09. The topological polar surface area (TPSA) is 73.9 Å². The molecule has 0 saturated carbocycles. The fourth-order valence-electron chi connectivity index (χ4n) is 3.67. The molecule has 33 heavy (non-hydrogen) atoms. The highest BCUT2D eigenvalue weighted by Gasteiger charge is 2.51. The number of nitrogens with one attached hydrogen (secondary N) is 1. The molecule has 0 bridgehead atoms. The van der Waals surface area contributed by atoms with Gasteiger partial charge in [0.15, 0.2) is 0 Å². The molecule has 176 valence electrons. The van der Waals surface area contributed by atoms with E-state index in [4.69, 9.17) is 32.5 Å². The summed E-state index contributed by atoms with van der Waals surface area (Å²) in [6.45, 7) is 8.28. The van der Waals surface area contributed by atoms with Crippen LogP contribution in [0, 0.1) is 5.82 Å². The van der Waals surface area contributed by atoms with Crippen molar-refractivity contribution in [3.63, 3.8) is 0 Å². The number of halogens is 3. The van der Waals surface area contributed by atoms with E-state index in [-0.39, 0.29) is 10.6 Å². The normalized spacial score (nSPS) is 21.5. The predicted octanol–water partition coefficient (Wildman–Crippen LogP) is 4.56. The molecular formula is C22H24BCl2FN2O4S. The van der Waals surface area contributed by atoms with Crippen molar-refractivity contribution >= 4 is 64.4 Å². The quantitative estimate of drug-likeness (QED) is 0.480. The molecule has 2 fully saturated rings. The number of anilines is 2. The van der Waals surface area contributed by atoms with E-state index in [1.54, 1.807) is 22.5 Å². The molecule has 2 aliphatic rings. The zero-order chi connectivity index (χ0) is 24.1. The van der Waals surface area contributed by atoms with Gasteiger partial charge in [-0.05, 0) is 57.4 Å². The molecule has 2 saturated heterocycles. The van der Waals surface area contributed by atoms with Crippen molar-refractivity contribution in [1.29, 1.82) is 0 Å². The first-order valence-electron chi connectivity index (χ1n) is 10.5. The minimum Gasteiger partial charge on any atom is -0.593 e. The van der Waals surface area contributed by atoms with E-state index in [0.717, 1.165) is 6.42 Å². The highest BCUT2D eigenvalue weighted by Crippen LogP contribution is 2.37. The van der Waals surface area contributed by atoms with E-state index >= 15 is 0 Å². The Morgan fingerprint density at radius 3 is 2.42 bits per heavy atom. The monoisotopic (exact) mass is 512 g/mol. The molecule has 2 aromatic carbocycles. The van der Waals surface area contributed by atoms with Crippen molar-refractivity contribution in [2.75, 3.05) is 21.9 Å². The summed E-state index contributed by atoms with van der Waals surface area (Å²) in [7, 11) is -0.668. The van der Waals surface area contributed by atoms with Crippen molar-refractivity contribution < 1.29 is 23.0 Å². The number of amides is 1. The van der Waals surface area contributed by atoms with Crippen LogP contribution in [0.15, 0.2) is 30.3 Å². The van der Waals surface area contributed by atoms with Crippen LogP contribution in [0.25, 0.3) is 0 Å². The van der Waals surface area contributed by atoms with E-state index in [9.17, 15) is 13.7 Å². The molecule has 11 heteroatoms. The first kappa shape index (κ1) is 24.6. The molecule has 2 aliphatic heterocycles. The maximum atomic E-state index is 14.5. The van der Waals surface area contributed by atoms with Gasteiger partial charge < -0.3 is 19.2 Å². The van der Waals surface area contributed by atoms with Crippen molar-refractivity contribution in [3.8, 4) is 0 Å². The van der Waals surface area contributed by atoms with Crippen LogP contribution >= 0.6 is 23.2 Å². The zero-order valence-electron chi connectivity index (χ0n) is 18.7. The minimum absolute atomic E-state index is 0.0623. The summed E-state index contributed by atoms with van der Waals surface area (Å²) in [6.07, 6.45) is 0.725. The van der Waals surface area contributed by atoms with Gasteiger partial charge >= 0.3 is 7.12 Å². The molecule has 2 heterocycles. The first-order valence-corrected chi connectivity index (χ1v) is 12.5. The van der Waals surface area contributed by atoms with Crippen LogP contribution in [0.2, 0.25) is 10.0 Å². The third kappa shape index (κ3) is 4.85. The molecule has 1 unspecified atom stereocenters. The van der Waals surface area contributed by atoms with Gasteiger partial charge in [-0.2, -0.15) is 4.31 Å². The Kier molecular flexibility index (Phi) is 6.68. The van der Waals surface area contributed by atoms with E-state index < -0.39 is 41.4 Å². The second-order valence-corrected chi connectivity index (χ2v) is 11.4. The molecule has 0 aliphatic carbocycles. The van der Waals surface area contributed by atoms with E-state index in [0.29, 0.717) is 34.2 Å². The lowest BCUT2D eigenvalue weighted by atomic mass is 9.79. The van der Waals surface area contributed by atoms with Crippen LogP contribution in [0.5, 0.6) is 0 Å². The number of rotatable bonds is 4. The van der Waals surface area contributed by atoms with Crippen LogP contribution in [0.4, 0.5) is 15.8 Å². The zero-order valence-corrected chi connectivity index (χ0v) is 21.0. The Hall–Kier alpha value is -1.49. The number of benzene rings is 2. The maximum Gasteiger partial charge on any atom is 0.494 e. The molecule has 1 atom stereocenters. The average molecular weight is 513 g/mol. The third-order valence-electron chi connectivity index (χ3n) is 6.17. The van der Waals surface area contributed by atoms with Gasteiger partial charge in [-0.3, -0.25) is 4.79 Å². The van der Waals surface area contributed by atoms with Crippen molar-refractivity contribution in [1.82, 2.24) is 0 Å². The summed E-state index contributed by atoms with van der Waals surface area (Å²) >= 11 is 11.1. The van der Waals surface area contributed by atoms with Crippen LogP contribution in [0.3, 0.4) is 0 Å². The maximum absolute atomic E-state index is 14.5. The summed E-state index contributed by atoms with van der Waals surface area (Å²) in [5.74, 6) is -0.879. The lowest BCUT2D eigenvalue weighted by molar-refractivity contribution is 0.00578. The first-order chi connectivity index (χ1) is 15.4. The Morgan fingerprint density at radius 2 is 1.82 bits per heavy atom. The molecule has 0 radical (unpaired) electrons. The molecule has 6 nitrogen and oxygen atoms in total. The largest absolute Gasteiger partial charge is 0.593 e. The summed E-state index contributed by atoms with van der Waals surface area (Å²) in [5.41, 5.74) is 0.225. The van der Waals surface area contributed by atoms with Gasteiger partial charge in [0.25, 0.3) is 5.91 Å². The number of carbonyl (C=O) groups is 1. The number of hydrogen-bond donors (Lipinski definition) is 1. The summed E-state index contributed by atoms with van der Waals surface area (Å²) in [4.78, 5) is 13.0. The van der Waals surface area contributed by atoms with E-state index in [1.165, 1.54) is 12.1 Å². The summed E-state index contributed by atoms with van der Waals surface area (Å²) in [5, 5.41) is 2.78. The standard InChI is InChI=1S/C22H24BCl2FN2O4S/c1-21(2)22(3,4)32-23(31-21)13-8-14(24)10-15(9-13)27-20(29)17-11-16(12-18(26)19(17)25)28-6-5-7-33(28)30/h8-12H,5-7H2,1-4H3,(H,27,29). The Bertz CT molecular complexity index is 1090. The van der Waals surface area contributed by atoms with Gasteiger partial charge in [0, 0.05) is 23.2 Å². The predicted molar refractivity (Wildman–Crippen MR) is 132 cm³/mol. The Labute approximate surface area is 206 Å². The molecule has 2 aromatic rings. The molecule has 4 rings (SSSR count). The highest BCUT2D eigenvalue weighted by atomic mass is 35.5. The van der Waals surface area contributed by atoms with Crippen LogP contribution in [-0.4, -0.2) is 41.1 Å². The number of nitrogens with zero attached hydrogens (tertiary/aromatic N) is 1. The average Bonchev–Trinajstić information content (AvgIpc) is 3.23. The van der Waals surface area contributed by atoms with E-state index in [1.807, 2.05) is 27.7 Å². The van der Waals surface area contributed by atoms with Crippen molar-refractivity contribution in [2.24, 2.45) is 0 Å². The molecular weight excluding hydrogens is 489 g/mol. The summed E-state index contributed by atoms with van der Waals surface area (Å²) < 4.78 is 40.4. The third-order valence-corrected chi connectivity index (χ3v) is 8.30. The van der Waals surface area contributed by atoms with Gasteiger partial charge in [0.2, 0.25) is 0 Å². The number of carbonyl (C=O) groups excluding carboxylic acids is 1. The van der Waals surface area contributed by atoms with Crippen molar-refractivity contribution in [3.05, 3.63) is 51.8 Å². The Balaban J connectivity index is 1.60. The van der Waals surface area contributed by atoms with Gasteiger partial charge in [-0.1, -0.05) is 23.2 Å². The van der Waals surface area contributed by atoms with Crippen molar-refractivity contribution in [2.45, 2.75) is 45.3 Å². The fraction of sp³-hybridized carbons (Fsp3) is 0.409. The van der Waals surface area contributed by atoms with Crippen LogP contribution in [-0.2, 0) is 20.7 Å².